The molecule has 0 spiro atoms. The van der Waals surface area contributed by atoms with Crippen LogP contribution in [0.3, 0.4) is 0 Å². The zero-order chi connectivity index (χ0) is 20.6. The van der Waals surface area contributed by atoms with Crippen LogP contribution in [0, 0.1) is 23.2 Å². The number of hydrogen-bond donors (Lipinski definition) is 1. The van der Waals surface area contributed by atoms with Crippen LogP contribution in [0.2, 0.25) is 0 Å². The first-order valence-corrected chi connectivity index (χ1v) is 9.83. The quantitative estimate of drug-likeness (QED) is 0.321. The topological polar surface area (TPSA) is 93.9 Å². The Kier molecular flexibility index (Phi) is 9.19. The van der Waals surface area contributed by atoms with E-state index in [1.54, 1.807) is 10.5 Å². The molecule has 0 aromatic rings. The summed E-state index contributed by atoms with van der Waals surface area (Å²) in [6.07, 6.45) is 4.52. The molecule has 6 nitrogen and oxygen atoms in total. The number of fused-ring (bicyclic) bond motifs is 1. The van der Waals surface area contributed by atoms with E-state index in [0.29, 0.717) is 23.5 Å². The van der Waals surface area contributed by atoms with Gasteiger partial charge in [-0.3, -0.25) is 0 Å². The summed E-state index contributed by atoms with van der Waals surface area (Å²) in [5, 5.41) is 18.8. The van der Waals surface area contributed by atoms with Crippen molar-refractivity contribution in [1.29, 1.82) is 0 Å². The van der Waals surface area contributed by atoms with E-state index in [-0.39, 0.29) is 0 Å². The van der Waals surface area contributed by atoms with Gasteiger partial charge in [0.2, 0.25) is 0 Å². The van der Waals surface area contributed by atoms with Crippen molar-refractivity contribution in [2.75, 3.05) is 32.8 Å². The van der Waals surface area contributed by atoms with Gasteiger partial charge in [0.1, 0.15) is 6.54 Å². The van der Waals surface area contributed by atoms with Gasteiger partial charge in [0.15, 0.2) is 0 Å². The summed E-state index contributed by atoms with van der Waals surface area (Å²) in [5.41, 5.74) is 2.12. The van der Waals surface area contributed by atoms with Crippen molar-refractivity contribution in [3.05, 3.63) is 23.8 Å². The average molecular weight is 381 g/mol. The van der Waals surface area contributed by atoms with E-state index in [2.05, 4.69) is 40.7 Å². The highest BCUT2D eigenvalue weighted by molar-refractivity contribution is 5.87. The van der Waals surface area contributed by atoms with Gasteiger partial charge in [-0.2, -0.15) is 0 Å². The van der Waals surface area contributed by atoms with Gasteiger partial charge in [0, 0.05) is 5.92 Å². The molecular weight excluding hydrogens is 346 g/mol. The lowest BCUT2D eigenvalue weighted by atomic mass is 9.88. The number of likely N-dealkylation sites (N-methyl/N-ethyl adjacent to an activating group) is 1. The second-order valence-electron chi connectivity index (χ2n) is 8.00. The van der Waals surface area contributed by atoms with Crippen LogP contribution in [0.4, 0.5) is 0 Å². The number of ether oxygens (including phenoxy) is 1. The molecule has 0 saturated heterocycles. The van der Waals surface area contributed by atoms with Crippen molar-refractivity contribution in [3.8, 4) is 0 Å². The van der Waals surface area contributed by atoms with E-state index >= 15 is 0 Å². The van der Waals surface area contributed by atoms with E-state index in [0.717, 1.165) is 31.6 Å². The maximum Gasteiger partial charge on any atom is 0.101 e. The number of hydrogen-bond acceptors (Lipinski definition) is 5. The van der Waals surface area contributed by atoms with Crippen LogP contribution in [0.25, 0.3) is 0 Å². The molecule has 2 rings (SSSR count). The first-order chi connectivity index (χ1) is 12.6. The summed E-state index contributed by atoms with van der Waals surface area (Å²) in [4.78, 5) is 20.5. The Hall–Kier alpha value is -1.66. The largest absolute Gasteiger partial charge is 0.545 e. The molecule has 1 fully saturated rings. The fourth-order valence-corrected chi connectivity index (χ4v) is 4.18. The van der Waals surface area contributed by atoms with Gasteiger partial charge in [-0.25, -0.2) is 0 Å². The van der Waals surface area contributed by atoms with Crippen molar-refractivity contribution >= 4 is 11.9 Å². The van der Waals surface area contributed by atoms with Gasteiger partial charge in [-0.1, -0.05) is 25.5 Å². The lowest BCUT2D eigenvalue weighted by Gasteiger charge is -2.23. The number of carbonyl (C=O) groups is 2. The molecule has 0 aromatic carbocycles. The van der Waals surface area contributed by atoms with Crippen LogP contribution < -0.4 is 15.1 Å². The average Bonchev–Trinajstić information content (AvgIpc) is 3.16. The molecule has 0 aliphatic heterocycles. The molecule has 0 amide bonds. The summed E-state index contributed by atoms with van der Waals surface area (Å²) < 4.78 is 6.01. The van der Waals surface area contributed by atoms with Gasteiger partial charge >= 0.3 is 0 Å². The summed E-state index contributed by atoms with van der Waals surface area (Å²) in [7, 11) is 0. The smallest absolute Gasteiger partial charge is 0.101 e. The van der Waals surface area contributed by atoms with Crippen molar-refractivity contribution in [2.45, 2.75) is 41.0 Å². The predicted molar refractivity (Wildman–Crippen MR) is 99.5 cm³/mol. The van der Waals surface area contributed by atoms with Crippen molar-refractivity contribution in [1.82, 2.24) is 0 Å². The summed E-state index contributed by atoms with van der Waals surface area (Å²) in [5.74, 6) is -0.625. The number of nitrogens with one attached hydrogen (secondary N) is 1. The number of allylic oxidation sites excluding steroid dienone is 1. The summed E-state index contributed by atoms with van der Waals surface area (Å²) in [6, 6.07) is 0. The van der Waals surface area contributed by atoms with Gasteiger partial charge in [-0.15, -0.1) is 0 Å². The standard InChI is InChI=1S/C17H31NO.C4H4O4/c1-6-18(7-2)10-11-19-12-14-13(3)8-9-15-16(14)17(15,4)5;5-3(6)1-2-4(7)8/h8,14-16H,6-7,9-12H2,1-5H3;1-2H,(H,5,6)(H,7,8)/p-1/b;2-1-. The monoisotopic (exact) mass is 380 g/mol. The SMILES string of the molecule is CC[NH+](CC)CCOCC1C(C)=CCC2C1C2(C)C.O=C([O-])/C=C\C(=O)[O-]. The normalized spacial score (nSPS) is 25.4. The van der Waals surface area contributed by atoms with Gasteiger partial charge in [0.05, 0.1) is 38.2 Å². The van der Waals surface area contributed by atoms with Crippen molar-refractivity contribution in [3.63, 3.8) is 0 Å². The number of rotatable bonds is 9. The first kappa shape index (κ1) is 23.4. The Labute approximate surface area is 162 Å². The molecular formula is C21H34NO5-. The number of quaternary nitrogens is 1. The molecule has 1 saturated carbocycles. The highest BCUT2D eigenvalue weighted by Crippen LogP contribution is 2.66. The minimum atomic E-state index is -1.55. The molecule has 3 atom stereocenters. The number of carboxylic acid groups (broad SMARTS) is 2. The van der Waals surface area contributed by atoms with Gasteiger partial charge in [0.25, 0.3) is 0 Å². The van der Waals surface area contributed by atoms with E-state index in [4.69, 9.17) is 4.74 Å². The molecule has 0 aromatic heterocycles. The molecule has 2 aliphatic rings. The fourth-order valence-electron chi connectivity index (χ4n) is 4.18. The molecule has 0 heterocycles. The molecule has 154 valence electrons. The van der Waals surface area contributed by atoms with Gasteiger partial charge in [-0.05, 0) is 56.6 Å². The molecule has 0 bridgehead atoms. The molecule has 3 unspecified atom stereocenters. The minimum absolute atomic E-state index is 0.384. The highest BCUT2D eigenvalue weighted by atomic mass is 16.5. The summed E-state index contributed by atoms with van der Waals surface area (Å²) >= 11 is 0. The Morgan fingerprint density at radius 2 is 1.78 bits per heavy atom. The highest BCUT2D eigenvalue weighted by Gasteiger charge is 2.61. The van der Waals surface area contributed by atoms with Crippen molar-refractivity contribution in [2.24, 2.45) is 23.2 Å². The predicted octanol–water partition coefficient (Wildman–Crippen LogP) is -0.791. The molecule has 0 radical (unpaired) electrons. The van der Waals surface area contributed by atoms with Crippen LogP contribution in [-0.4, -0.2) is 44.8 Å². The fraction of sp³-hybridized carbons (Fsp3) is 0.714. The van der Waals surface area contributed by atoms with Crippen molar-refractivity contribution < 1.29 is 29.4 Å². The van der Waals surface area contributed by atoms with Crippen LogP contribution in [0.15, 0.2) is 23.8 Å². The van der Waals surface area contributed by atoms with Crippen LogP contribution in [0.5, 0.6) is 0 Å². The zero-order valence-corrected chi connectivity index (χ0v) is 17.2. The molecule has 27 heavy (non-hydrogen) atoms. The third-order valence-corrected chi connectivity index (χ3v) is 6.10. The third kappa shape index (κ3) is 7.11. The number of aliphatic carboxylic acids is 2. The maximum atomic E-state index is 9.41. The number of carbonyl (C=O) groups excluding carboxylic acids is 2. The van der Waals surface area contributed by atoms with Crippen LogP contribution in [0.1, 0.15) is 41.0 Å². The number of carboxylic acids is 2. The second kappa shape index (κ2) is 10.6. The third-order valence-electron chi connectivity index (χ3n) is 6.10. The maximum absolute atomic E-state index is 9.41. The second-order valence-corrected chi connectivity index (χ2v) is 8.00. The Morgan fingerprint density at radius 1 is 1.22 bits per heavy atom. The Balaban J connectivity index is 0.000000387. The molecule has 6 heteroatoms. The summed E-state index contributed by atoms with van der Waals surface area (Å²) in [6.45, 7) is 17.1. The van der Waals surface area contributed by atoms with E-state index < -0.39 is 11.9 Å². The Morgan fingerprint density at radius 3 is 2.26 bits per heavy atom. The lowest BCUT2D eigenvalue weighted by Crippen LogP contribution is -3.11. The zero-order valence-electron chi connectivity index (χ0n) is 17.2. The van der Waals surface area contributed by atoms with E-state index in [9.17, 15) is 19.8 Å². The first-order valence-electron chi connectivity index (χ1n) is 9.83. The minimum Gasteiger partial charge on any atom is -0.545 e. The Bertz CT molecular complexity index is 547. The van der Waals surface area contributed by atoms with Gasteiger partial charge < -0.3 is 29.4 Å². The molecule has 2 aliphatic carbocycles. The van der Waals surface area contributed by atoms with E-state index in [1.165, 1.54) is 19.5 Å². The molecule has 1 N–H and O–H groups in total. The van der Waals surface area contributed by atoms with Crippen LogP contribution in [-0.2, 0) is 14.3 Å². The van der Waals surface area contributed by atoms with E-state index in [1.807, 2.05) is 0 Å². The lowest BCUT2D eigenvalue weighted by molar-refractivity contribution is -0.896. The van der Waals surface area contributed by atoms with Crippen LogP contribution >= 0.6 is 0 Å².